The summed E-state index contributed by atoms with van der Waals surface area (Å²) in [7, 11) is 0. The third-order valence-corrected chi connectivity index (χ3v) is 9.62. The lowest BCUT2D eigenvalue weighted by Gasteiger charge is -2.63. The van der Waals surface area contributed by atoms with Crippen LogP contribution in [0.5, 0.6) is 0 Å². The summed E-state index contributed by atoms with van der Waals surface area (Å²) in [6, 6.07) is 0. The van der Waals surface area contributed by atoms with Gasteiger partial charge in [0.2, 0.25) is 0 Å². The first kappa shape index (κ1) is 18.2. The Morgan fingerprint density at radius 2 is 1.78 bits per heavy atom. The molecule has 150 valence electrons. The van der Waals surface area contributed by atoms with E-state index in [1.54, 1.807) is 6.92 Å². The van der Waals surface area contributed by atoms with Crippen molar-refractivity contribution in [2.24, 2.45) is 28.6 Å². The molecule has 5 fully saturated rings. The maximum absolute atomic E-state index is 13.1. The standard InChI is InChI=1S/C21H30O6/c1-10(22)21-17(27-21)7-13-11-6-16(25)20(26)9-15(24)14(23)8-19(20,3)12(11)4-5-18(13,21)2/h11-15,17,23-24,26H,4-9H2,1-3H3/t11-,12+,13+,14-,15+,17-,18+,19-,20+,21-/m1/s1. The smallest absolute Gasteiger partial charge is 0.165 e. The largest absolute Gasteiger partial charge is 0.390 e. The molecule has 6 nitrogen and oxygen atoms in total. The van der Waals surface area contributed by atoms with E-state index in [2.05, 4.69) is 6.92 Å². The number of ether oxygens (including phenoxy) is 1. The Morgan fingerprint density at radius 1 is 1.11 bits per heavy atom. The SMILES string of the molecule is CC(=O)[C@@]12O[C@@H]1C[C@H]1[C@@H]3CC(=O)[C@@]4(O)C[C@H](O)[C@H](O)C[C@]4(C)[C@H]3CC[C@@]12C. The van der Waals surface area contributed by atoms with E-state index in [1.165, 1.54) is 0 Å². The molecule has 0 unspecified atom stereocenters. The normalized spacial score (nSPS) is 61.5. The fourth-order valence-corrected chi connectivity index (χ4v) is 8.11. The maximum Gasteiger partial charge on any atom is 0.165 e. The molecule has 0 radical (unpaired) electrons. The van der Waals surface area contributed by atoms with Crippen molar-refractivity contribution in [2.45, 2.75) is 88.8 Å². The molecule has 5 aliphatic rings. The molecule has 6 heteroatoms. The third kappa shape index (κ3) is 1.82. The quantitative estimate of drug-likeness (QED) is 0.588. The predicted octanol–water partition coefficient (Wildman–Crippen LogP) is 0.991. The minimum Gasteiger partial charge on any atom is -0.390 e. The molecule has 1 saturated heterocycles. The molecule has 0 aromatic heterocycles. The first-order valence-electron chi connectivity index (χ1n) is 10.3. The van der Waals surface area contributed by atoms with Crippen molar-refractivity contribution in [2.75, 3.05) is 0 Å². The van der Waals surface area contributed by atoms with Gasteiger partial charge < -0.3 is 20.1 Å². The molecule has 3 N–H and O–H groups in total. The summed E-state index contributed by atoms with van der Waals surface area (Å²) in [6.07, 6.45) is 0.850. The van der Waals surface area contributed by atoms with Crippen LogP contribution in [0.4, 0.5) is 0 Å². The Hall–Kier alpha value is -0.820. The molecule has 1 heterocycles. The molecule has 5 rings (SSSR count). The van der Waals surface area contributed by atoms with E-state index < -0.39 is 28.8 Å². The van der Waals surface area contributed by atoms with Crippen LogP contribution in [0, 0.1) is 28.6 Å². The molecule has 1 aliphatic heterocycles. The van der Waals surface area contributed by atoms with Gasteiger partial charge in [-0.3, -0.25) is 9.59 Å². The van der Waals surface area contributed by atoms with Crippen molar-refractivity contribution in [3.63, 3.8) is 0 Å². The number of carbonyl (C=O) groups is 2. The van der Waals surface area contributed by atoms with Crippen LogP contribution < -0.4 is 0 Å². The molecule has 0 amide bonds. The highest BCUT2D eigenvalue weighted by molar-refractivity contribution is 5.91. The van der Waals surface area contributed by atoms with Gasteiger partial charge >= 0.3 is 0 Å². The molecule has 4 aliphatic carbocycles. The van der Waals surface area contributed by atoms with Gasteiger partial charge in [-0.05, 0) is 50.4 Å². The van der Waals surface area contributed by atoms with E-state index in [4.69, 9.17) is 4.74 Å². The van der Waals surface area contributed by atoms with Crippen molar-refractivity contribution in [1.82, 2.24) is 0 Å². The Bertz CT molecular complexity index is 736. The summed E-state index contributed by atoms with van der Waals surface area (Å²) in [5.41, 5.74) is -3.26. The van der Waals surface area contributed by atoms with Crippen molar-refractivity contribution in [1.29, 1.82) is 0 Å². The van der Waals surface area contributed by atoms with Gasteiger partial charge in [0, 0.05) is 23.7 Å². The highest BCUT2D eigenvalue weighted by Crippen LogP contribution is 2.73. The molecule has 0 aromatic rings. The van der Waals surface area contributed by atoms with Crippen LogP contribution in [-0.2, 0) is 14.3 Å². The summed E-state index contributed by atoms with van der Waals surface area (Å²) in [6.45, 7) is 5.69. The zero-order chi connectivity index (χ0) is 19.6. The molecule has 0 aromatic carbocycles. The maximum atomic E-state index is 13.1. The van der Waals surface area contributed by atoms with Gasteiger partial charge in [-0.1, -0.05) is 13.8 Å². The van der Waals surface area contributed by atoms with E-state index in [0.29, 0.717) is 6.42 Å². The van der Waals surface area contributed by atoms with Crippen LogP contribution in [0.1, 0.15) is 59.3 Å². The van der Waals surface area contributed by atoms with Crippen LogP contribution in [0.2, 0.25) is 0 Å². The minimum absolute atomic E-state index is 0.0359. The summed E-state index contributed by atoms with van der Waals surface area (Å²) in [5, 5.41) is 31.8. The number of rotatable bonds is 1. The molecular weight excluding hydrogens is 348 g/mol. The molecule has 0 spiro atoms. The molecule has 0 bridgehead atoms. The van der Waals surface area contributed by atoms with E-state index in [-0.39, 0.29) is 53.7 Å². The second-order valence-electron chi connectivity index (χ2n) is 10.4. The van der Waals surface area contributed by atoms with Gasteiger partial charge in [-0.25, -0.2) is 0 Å². The van der Waals surface area contributed by atoms with Crippen LogP contribution >= 0.6 is 0 Å². The lowest BCUT2D eigenvalue weighted by molar-refractivity contribution is -0.232. The van der Waals surface area contributed by atoms with Crippen LogP contribution in [0.3, 0.4) is 0 Å². The highest BCUT2D eigenvalue weighted by Gasteiger charge is 2.80. The second-order valence-corrected chi connectivity index (χ2v) is 10.4. The van der Waals surface area contributed by atoms with Crippen molar-refractivity contribution >= 4 is 11.6 Å². The Kier molecular flexibility index (Phi) is 3.39. The fraction of sp³-hybridized carbons (Fsp3) is 0.905. The zero-order valence-electron chi connectivity index (χ0n) is 16.3. The van der Waals surface area contributed by atoms with Crippen molar-refractivity contribution in [3.8, 4) is 0 Å². The number of hydrogen-bond acceptors (Lipinski definition) is 6. The number of aliphatic hydroxyl groups is 3. The van der Waals surface area contributed by atoms with Crippen molar-refractivity contribution in [3.05, 3.63) is 0 Å². The summed E-state index contributed by atoms with van der Waals surface area (Å²) < 4.78 is 5.91. The second kappa shape index (κ2) is 5.02. The number of Topliss-reactive ketones (excluding diaryl/α,β-unsaturated/α-hetero) is 2. The first-order valence-corrected chi connectivity index (χ1v) is 10.3. The van der Waals surface area contributed by atoms with Gasteiger partial charge in [-0.2, -0.15) is 0 Å². The molecular formula is C21H30O6. The number of hydrogen-bond donors (Lipinski definition) is 3. The monoisotopic (exact) mass is 378 g/mol. The number of ketones is 2. The number of epoxide rings is 1. The molecule has 4 saturated carbocycles. The van der Waals surface area contributed by atoms with E-state index in [9.17, 15) is 24.9 Å². The number of fused-ring (bicyclic) bond motifs is 7. The summed E-state index contributed by atoms with van der Waals surface area (Å²) in [4.78, 5) is 25.5. The van der Waals surface area contributed by atoms with Crippen LogP contribution in [0.15, 0.2) is 0 Å². The average molecular weight is 378 g/mol. The topological polar surface area (TPSA) is 107 Å². The van der Waals surface area contributed by atoms with Gasteiger partial charge in [0.1, 0.15) is 5.60 Å². The van der Waals surface area contributed by atoms with Gasteiger partial charge in [0.05, 0.1) is 18.3 Å². The highest BCUT2D eigenvalue weighted by atomic mass is 16.6. The Morgan fingerprint density at radius 3 is 2.44 bits per heavy atom. The predicted molar refractivity (Wildman–Crippen MR) is 94.6 cm³/mol. The van der Waals surface area contributed by atoms with Crippen molar-refractivity contribution < 1.29 is 29.6 Å². The summed E-state index contributed by atoms with van der Waals surface area (Å²) >= 11 is 0. The lowest BCUT2D eigenvalue weighted by atomic mass is 9.42. The van der Waals surface area contributed by atoms with Gasteiger partial charge in [0.15, 0.2) is 17.2 Å². The fourth-order valence-electron chi connectivity index (χ4n) is 8.11. The molecule has 27 heavy (non-hydrogen) atoms. The average Bonchev–Trinajstić information content (AvgIpc) is 3.25. The van der Waals surface area contributed by atoms with E-state index >= 15 is 0 Å². The third-order valence-electron chi connectivity index (χ3n) is 9.62. The number of aliphatic hydroxyl groups excluding tert-OH is 2. The number of carbonyl (C=O) groups excluding carboxylic acids is 2. The van der Waals surface area contributed by atoms with Gasteiger partial charge in [0.25, 0.3) is 0 Å². The Labute approximate surface area is 159 Å². The first-order chi connectivity index (χ1) is 12.5. The minimum atomic E-state index is -1.57. The molecule has 10 atom stereocenters. The lowest BCUT2D eigenvalue weighted by Crippen LogP contribution is -2.69. The van der Waals surface area contributed by atoms with Crippen LogP contribution in [0.25, 0.3) is 0 Å². The van der Waals surface area contributed by atoms with E-state index in [0.717, 1.165) is 19.3 Å². The van der Waals surface area contributed by atoms with Crippen LogP contribution in [-0.4, -0.2) is 56.4 Å². The van der Waals surface area contributed by atoms with Gasteiger partial charge in [-0.15, -0.1) is 0 Å². The summed E-state index contributed by atoms with van der Waals surface area (Å²) in [5.74, 6) is 0.295. The zero-order valence-corrected chi connectivity index (χ0v) is 16.3. The van der Waals surface area contributed by atoms with E-state index in [1.807, 2.05) is 6.92 Å². The Balaban J connectivity index is 1.54.